The molecular formula is C14H27NO3S. The topological polar surface area (TPSA) is 66.4 Å². The van der Waals surface area contributed by atoms with Gasteiger partial charge in [0, 0.05) is 6.92 Å². The van der Waals surface area contributed by atoms with Gasteiger partial charge in [-0.3, -0.25) is 4.79 Å². The van der Waals surface area contributed by atoms with Crippen LogP contribution in [0.4, 0.5) is 0 Å². The van der Waals surface area contributed by atoms with Crippen LogP contribution in [0.25, 0.3) is 0 Å². The van der Waals surface area contributed by atoms with E-state index in [1.165, 1.54) is 32.6 Å². The van der Waals surface area contributed by atoms with Gasteiger partial charge < -0.3 is 10.4 Å². The summed E-state index contributed by atoms with van der Waals surface area (Å²) in [4.78, 5) is 21.8. The summed E-state index contributed by atoms with van der Waals surface area (Å²) < 4.78 is 0. The minimum Gasteiger partial charge on any atom is -0.480 e. The zero-order valence-corrected chi connectivity index (χ0v) is 13.1. The highest BCUT2D eigenvalue weighted by Gasteiger charge is 2.17. The van der Waals surface area contributed by atoms with Crippen molar-refractivity contribution < 1.29 is 14.7 Å². The fourth-order valence-electron chi connectivity index (χ4n) is 1.85. The van der Waals surface area contributed by atoms with E-state index in [0.29, 0.717) is 6.42 Å². The average molecular weight is 289 g/mol. The number of thioether (sulfide) groups is 1. The summed E-state index contributed by atoms with van der Waals surface area (Å²) in [5.41, 5.74) is 0. The van der Waals surface area contributed by atoms with E-state index in [1.54, 1.807) is 11.8 Å². The van der Waals surface area contributed by atoms with E-state index in [9.17, 15) is 9.59 Å². The number of nitrogens with one attached hydrogen (secondary N) is 1. The summed E-state index contributed by atoms with van der Waals surface area (Å²) >= 11 is 1.79. The number of carbonyl (C=O) groups is 2. The van der Waals surface area contributed by atoms with Gasteiger partial charge in [-0.05, 0) is 30.3 Å². The highest BCUT2D eigenvalue weighted by atomic mass is 32.2. The van der Waals surface area contributed by atoms with Gasteiger partial charge in [0.05, 0.1) is 0 Å². The Labute approximate surface area is 120 Å². The predicted octanol–water partition coefficient (Wildman–Crippen LogP) is 2.92. The maximum Gasteiger partial charge on any atom is 0.326 e. The molecule has 1 amide bonds. The van der Waals surface area contributed by atoms with E-state index in [2.05, 4.69) is 19.2 Å². The van der Waals surface area contributed by atoms with Gasteiger partial charge in [-0.25, -0.2) is 4.79 Å². The third kappa shape index (κ3) is 9.82. The van der Waals surface area contributed by atoms with Crippen LogP contribution in [0.15, 0.2) is 0 Å². The number of hydrogen-bond donors (Lipinski definition) is 2. The molecule has 0 heterocycles. The van der Waals surface area contributed by atoms with Crippen molar-refractivity contribution in [2.45, 2.75) is 58.9 Å². The number of carbonyl (C=O) groups excluding carboxylic acids is 1. The van der Waals surface area contributed by atoms with Crippen LogP contribution in [0.5, 0.6) is 0 Å². The zero-order chi connectivity index (χ0) is 14.7. The van der Waals surface area contributed by atoms with Gasteiger partial charge in [0.2, 0.25) is 5.91 Å². The molecule has 0 aromatic carbocycles. The number of amides is 1. The van der Waals surface area contributed by atoms with E-state index < -0.39 is 12.0 Å². The van der Waals surface area contributed by atoms with Crippen molar-refractivity contribution in [2.24, 2.45) is 5.92 Å². The fraction of sp³-hybridized carbons (Fsp3) is 0.857. The number of rotatable bonds is 11. The van der Waals surface area contributed by atoms with Crippen LogP contribution < -0.4 is 5.32 Å². The molecule has 0 saturated carbocycles. The van der Waals surface area contributed by atoms with Crippen molar-refractivity contribution in [1.29, 1.82) is 0 Å². The lowest BCUT2D eigenvalue weighted by Crippen LogP contribution is -2.39. The third-order valence-corrected chi connectivity index (χ3v) is 4.35. The van der Waals surface area contributed by atoms with E-state index in [0.717, 1.165) is 17.4 Å². The van der Waals surface area contributed by atoms with Crippen molar-refractivity contribution in [1.82, 2.24) is 5.32 Å². The molecule has 0 radical (unpaired) electrons. The van der Waals surface area contributed by atoms with Gasteiger partial charge in [-0.1, -0.05) is 33.1 Å². The summed E-state index contributed by atoms with van der Waals surface area (Å²) in [5.74, 6) is 1.36. The fourth-order valence-corrected chi connectivity index (χ4v) is 3.16. The number of unbranched alkanes of at least 4 members (excludes halogenated alkanes) is 1. The zero-order valence-electron chi connectivity index (χ0n) is 12.3. The minimum atomic E-state index is -0.950. The van der Waals surface area contributed by atoms with E-state index in [4.69, 9.17) is 5.11 Å². The summed E-state index contributed by atoms with van der Waals surface area (Å²) in [6.07, 6.45) is 5.42. The minimum absolute atomic E-state index is 0.285. The first kappa shape index (κ1) is 18.3. The number of aliphatic carboxylic acids is 1. The molecule has 4 nitrogen and oxygen atoms in total. The van der Waals surface area contributed by atoms with Crippen molar-refractivity contribution in [2.75, 3.05) is 11.5 Å². The van der Waals surface area contributed by atoms with Crippen LogP contribution in [0, 0.1) is 5.92 Å². The molecular weight excluding hydrogens is 262 g/mol. The third-order valence-electron chi connectivity index (χ3n) is 3.12. The number of carboxylic acids is 1. The monoisotopic (exact) mass is 289 g/mol. The molecule has 0 rings (SSSR count). The normalized spacial score (nSPS) is 13.8. The lowest BCUT2D eigenvalue weighted by Gasteiger charge is -2.16. The standard InChI is InChI=1S/C14H27NO3S/c1-4-6-7-12(5-2)10-19-9-8-13(14(17)18)15-11(3)16/h12-13H,4-10H2,1-3H3,(H,15,16)(H,17,18). The smallest absolute Gasteiger partial charge is 0.326 e. The Balaban J connectivity index is 3.85. The Morgan fingerprint density at radius 3 is 2.42 bits per heavy atom. The summed E-state index contributed by atoms with van der Waals surface area (Å²) in [6, 6.07) is -0.749. The molecule has 2 unspecified atom stereocenters. The first-order chi connectivity index (χ1) is 9.01. The van der Waals surface area contributed by atoms with Crippen LogP contribution in [-0.2, 0) is 9.59 Å². The van der Waals surface area contributed by atoms with Crippen molar-refractivity contribution in [3.63, 3.8) is 0 Å². The molecule has 5 heteroatoms. The molecule has 0 aliphatic rings. The number of hydrogen-bond acceptors (Lipinski definition) is 3. The molecule has 112 valence electrons. The largest absolute Gasteiger partial charge is 0.480 e. The highest BCUT2D eigenvalue weighted by molar-refractivity contribution is 7.99. The van der Waals surface area contributed by atoms with Gasteiger partial charge in [-0.2, -0.15) is 11.8 Å². The molecule has 0 aromatic rings. The first-order valence-electron chi connectivity index (χ1n) is 7.08. The molecule has 0 bridgehead atoms. The Bertz CT molecular complexity index is 271. The molecule has 19 heavy (non-hydrogen) atoms. The van der Waals surface area contributed by atoms with Gasteiger partial charge >= 0.3 is 5.97 Å². The highest BCUT2D eigenvalue weighted by Crippen LogP contribution is 2.19. The molecule has 0 spiro atoms. The first-order valence-corrected chi connectivity index (χ1v) is 8.24. The Morgan fingerprint density at radius 2 is 1.95 bits per heavy atom. The lowest BCUT2D eigenvalue weighted by molar-refractivity contribution is -0.141. The molecule has 0 aliphatic carbocycles. The van der Waals surface area contributed by atoms with Crippen LogP contribution in [-0.4, -0.2) is 34.5 Å². The van der Waals surface area contributed by atoms with Gasteiger partial charge in [0.25, 0.3) is 0 Å². The molecule has 0 saturated heterocycles. The van der Waals surface area contributed by atoms with Gasteiger partial charge in [0.15, 0.2) is 0 Å². The summed E-state index contributed by atoms with van der Waals surface area (Å²) in [6.45, 7) is 5.75. The van der Waals surface area contributed by atoms with Crippen LogP contribution in [0.1, 0.15) is 52.9 Å². The molecule has 0 aliphatic heterocycles. The molecule has 0 fully saturated rings. The Kier molecular flexibility index (Phi) is 10.7. The maximum absolute atomic E-state index is 10.9. The van der Waals surface area contributed by atoms with Crippen molar-refractivity contribution in [3.8, 4) is 0 Å². The van der Waals surface area contributed by atoms with Crippen LogP contribution in [0.2, 0.25) is 0 Å². The lowest BCUT2D eigenvalue weighted by atomic mass is 10.0. The Morgan fingerprint density at radius 1 is 1.26 bits per heavy atom. The average Bonchev–Trinajstić information content (AvgIpc) is 2.35. The van der Waals surface area contributed by atoms with E-state index >= 15 is 0 Å². The Hall–Kier alpha value is -0.710. The SMILES string of the molecule is CCCCC(CC)CSCCC(NC(C)=O)C(=O)O. The van der Waals surface area contributed by atoms with Crippen LogP contribution in [0.3, 0.4) is 0 Å². The van der Waals surface area contributed by atoms with Gasteiger partial charge in [0.1, 0.15) is 6.04 Å². The summed E-state index contributed by atoms with van der Waals surface area (Å²) in [5, 5.41) is 11.4. The van der Waals surface area contributed by atoms with Crippen molar-refractivity contribution in [3.05, 3.63) is 0 Å². The number of carboxylic acid groups (broad SMARTS) is 1. The van der Waals surface area contributed by atoms with E-state index in [1.807, 2.05) is 0 Å². The van der Waals surface area contributed by atoms with Crippen molar-refractivity contribution >= 4 is 23.6 Å². The molecule has 2 atom stereocenters. The second kappa shape index (κ2) is 11.1. The quantitative estimate of drug-likeness (QED) is 0.574. The van der Waals surface area contributed by atoms with E-state index in [-0.39, 0.29) is 5.91 Å². The predicted molar refractivity (Wildman–Crippen MR) is 80.5 cm³/mol. The van der Waals surface area contributed by atoms with Gasteiger partial charge in [-0.15, -0.1) is 0 Å². The summed E-state index contributed by atoms with van der Waals surface area (Å²) in [7, 11) is 0. The maximum atomic E-state index is 10.9. The molecule has 0 aromatic heterocycles. The van der Waals surface area contributed by atoms with Crippen LogP contribution >= 0.6 is 11.8 Å². The molecule has 2 N–H and O–H groups in total. The second-order valence-corrected chi connectivity index (χ2v) is 6.02. The second-order valence-electron chi connectivity index (χ2n) is 4.87.